The Kier molecular flexibility index (Phi) is 37.4. The molecule has 0 saturated heterocycles. The predicted octanol–water partition coefficient (Wildman–Crippen LogP) is 12.5. The van der Waals surface area contributed by atoms with Gasteiger partial charge in [-0.3, -0.25) is 9.68 Å². The first-order valence-electron chi connectivity index (χ1n) is 20.0. The standard InChI is InChI=1S/C41H76O6/c1-4-6-8-10-12-14-16-18-20-22-24-26-28-30-32-34-40(42)45-38-39(3)44-36-37-46-47-41(43)35-33-31-29-27-25-23-21-19-17-15-13-11-9-7-5-2/h18-21,39H,4-17,22-38H2,1-3H3/b20-18-,21-19-. The number of hydrogen-bond acceptors (Lipinski definition) is 6. The van der Waals surface area contributed by atoms with Gasteiger partial charge in [0.25, 0.3) is 0 Å². The second-order valence-electron chi connectivity index (χ2n) is 13.3. The fourth-order valence-corrected chi connectivity index (χ4v) is 5.44. The normalized spacial score (nSPS) is 12.3. The van der Waals surface area contributed by atoms with Crippen LogP contribution in [0.1, 0.15) is 201 Å². The lowest BCUT2D eigenvalue weighted by atomic mass is 10.1. The average molecular weight is 665 g/mol. The molecule has 0 bridgehead atoms. The number of allylic oxidation sites excluding steroid dienone is 4. The van der Waals surface area contributed by atoms with E-state index in [0.29, 0.717) is 12.8 Å². The number of esters is 1. The number of unbranched alkanes of at least 4 members (excludes halogenated alkanes) is 22. The number of carbonyl (C=O) groups is 2. The SMILES string of the molecule is CCCCCCCC/C=C\CCCCCCCC(=O)OCC(C)OCCOOC(=O)CCCCCCC/C=C\CCCCCCCC. The van der Waals surface area contributed by atoms with Gasteiger partial charge in [0.1, 0.15) is 13.2 Å². The Morgan fingerprint density at radius 1 is 0.489 bits per heavy atom. The van der Waals surface area contributed by atoms with Gasteiger partial charge < -0.3 is 9.47 Å². The maximum absolute atomic E-state index is 12.0. The zero-order valence-electron chi connectivity index (χ0n) is 31.3. The third kappa shape index (κ3) is 38.7. The molecule has 0 aliphatic heterocycles. The van der Waals surface area contributed by atoms with Crippen LogP contribution in [0.25, 0.3) is 0 Å². The first-order valence-corrected chi connectivity index (χ1v) is 20.0. The molecule has 0 radical (unpaired) electrons. The van der Waals surface area contributed by atoms with Crippen molar-refractivity contribution in [1.82, 2.24) is 0 Å². The molecule has 0 aliphatic carbocycles. The van der Waals surface area contributed by atoms with Gasteiger partial charge in [-0.2, -0.15) is 4.89 Å². The molecule has 0 amide bonds. The molecule has 6 nitrogen and oxygen atoms in total. The van der Waals surface area contributed by atoms with Crippen LogP contribution in [0, 0.1) is 0 Å². The Morgan fingerprint density at radius 3 is 1.32 bits per heavy atom. The summed E-state index contributed by atoms with van der Waals surface area (Å²) in [6, 6.07) is 0. The quantitative estimate of drug-likeness (QED) is 0.0216. The Bertz CT molecular complexity index is 719. The predicted molar refractivity (Wildman–Crippen MR) is 197 cm³/mol. The van der Waals surface area contributed by atoms with Crippen molar-refractivity contribution in [2.45, 2.75) is 207 Å². The Balaban J connectivity index is 3.42. The first-order chi connectivity index (χ1) is 23.1. The molecule has 6 heteroatoms. The number of carbonyl (C=O) groups excluding carboxylic acids is 2. The van der Waals surface area contributed by atoms with E-state index in [1.807, 2.05) is 6.92 Å². The summed E-state index contributed by atoms with van der Waals surface area (Å²) in [5, 5.41) is 0. The van der Waals surface area contributed by atoms with E-state index in [0.717, 1.165) is 38.5 Å². The molecule has 1 unspecified atom stereocenters. The fraction of sp³-hybridized carbons (Fsp3) is 0.854. The van der Waals surface area contributed by atoms with Crippen LogP contribution in [0.5, 0.6) is 0 Å². The molecule has 0 heterocycles. The molecular formula is C41H76O6. The average Bonchev–Trinajstić information content (AvgIpc) is 3.07. The molecular weight excluding hydrogens is 588 g/mol. The van der Waals surface area contributed by atoms with Crippen LogP contribution in [0.3, 0.4) is 0 Å². The summed E-state index contributed by atoms with van der Waals surface area (Å²) in [5.74, 6) is -0.501. The molecule has 47 heavy (non-hydrogen) atoms. The van der Waals surface area contributed by atoms with Gasteiger partial charge in [-0.25, -0.2) is 4.79 Å². The van der Waals surface area contributed by atoms with Crippen molar-refractivity contribution in [3.05, 3.63) is 24.3 Å². The Hall–Kier alpha value is -1.66. The van der Waals surface area contributed by atoms with E-state index >= 15 is 0 Å². The van der Waals surface area contributed by atoms with Crippen molar-refractivity contribution < 1.29 is 28.8 Å². The number of rotatable bonds is 37. The van der Waals surface area contributed by atoms with E-state index in [1.54, 1.807) is 0 Å². The lowest BCUT2D eigenvalue weighted by Crippen LogP contribution is -2.21. The van der Waals surface area contributed by atoms with Gasteiger partial charge in [-0.05, 0) is 71.1 Å². The molecule has 0 saturated carbocycles. The number of ether oxygens (including phenoxy) is 2. The summed E-state index contributed by atoms with van der Waals surface area (Å²) < 4.78 is 10.9. The lowest BCUT2D eigenvalue weighted by Gasteiger charge is -2.13. The van der Waals surface area contributed by atoms with Gasteiger partial charge in [0.2, 0.25) is 0 Å². The summed E-state index contributed by atoms with van der Waals surface area (Å²) in [4.78, 5) is 33.7. The zero-order valence-corrected chi connectivity index (χ0v) is 31.3. The third-order valence-corrected chi connectivity index (χ3v) is 8.49. The van der Waals surface area contributed by atoms with Gasteiger partial charge >= 0.3 is 11.9 Å². The van der Waals surface area contributed by atoms with Crippen LogP contribution in [0.15, 0.2) is 24.3 Å². The van der Waals surface area contributed by atoms with Crippen LogP contribution < -0.4 is 0 Å². The molecule has 0 N–H and O–H groups in total. The Morgan fingerprint density at radius 2 is 0.872 bits per heavy atom. The van der Waals surface area contributed by atoms with E-state index in [-0.39, 0.29) is 37.9 Å². The summed E-state index contributed by atoms with van der Waals surface area (Å²) in [5.41, 5.74) is 0. The molecule has 0 aromatic rings. The van der Waals surface area contributed by atoms with Gasteiger partial charge in [0.05, 0.1) is 12.7 Å². The molecule has 1 atom stereocenters. The van der Waals surface area contributed by atoms with Crippen molar-refractivity contribution in [3.63, 3.8) is 0 Å². The third-order valence-electron chi connectivity index (χ3n) is 8.49. The van der Waals surface area contributed by atoms with Crippen LogP contribution in [0.2, 0.25) is 0 Å². The van der Waals surface area contributed by atoms with Gasteiger partial charge in [0, 0.05) is 12.8 Å². The van der Waals surface area contributed by atoms with Crippen molar-refractivity contribution in [3.8, 4) is 0 Å². The highest BCUT2D eigenvalue weighted by molar-refractivity contribution is 5.69. The largest absolute Gasteiger partial charge is 0.463 e. The van der Waals surface area contributed by atoms with Gasteiger partial charge in [0.15, 0.2) is 0 Å². The minimum atomic E-state index is -0.333. The summed E-state index contributed by atoms with van der Waals surface area (Å²) in [6.45, 7) is 7.03. The van der Waals surface area contributed by atoms with Crippen LogP contribution in [-0.4, -0.2) is 37.9 Å². The molecule has 0 aromatic heterocycles. The number of hydrogen-bond donors (Lipinski definition) is 0. The monoisotopic (exact) mass is 665 g/mol. The smallest absolute Gasteiger partial charge is 0.342 e. The maximum atomic E-state index is 12.0. The van der Waals surface area contributed by atoms with Crippen molar-refractivity contribution >= 4 is 11.9 Å². The lowest BCUT2D eigenvalue weighted by molar-refractivity contribution is -0.277. The van der Waals surface area contributed by atoms with E-state index < -0.39 is 0 Å². The summed E-state index contributed by atoms with van der Waals surface area (Å²) in [6.07, 6.45) is 42.0. The summed E-state index contributed by atoms with van der Waals surface area (Å²) >= 11 is 0. The van der Waals surface area contributed by atoms with E-state index in [9.17, 15) is 9.59 Å². The molecule has 0 rings (SSSR count). The highest BCUT2D eigenvalue weighted by Crippen LogP contribution is 2.12. The molecule has 276 valence electrons. The Labute approximate surface area is 291 Å². The maximum Gasteiger partial charge on any atom is 0.342 e. The minimum absolute atomic E-state index is 0.158. The zero-order chi connectivity index (χ0) is 34.3. The van der Waals surface area contributed by atoms with Crippen molar-refractivity contribution in [2.24, 2.45) is 0 Å². The second-order valence-corrected chi connectivity index (χ2v) is 13.3. The second kappa shape index (κ2) is 38.8. The highest BCUT2D eigenvalue weighted by Gasteiger charge is 2.09. The van der Waals surface area contributed by atoms with Gasteiger partial charge in [-0.1, -0.05) is 141 Å². The van der Waals surface area contributed by atoms with Crippen LogP contribution in [-0.2, 0) is 28.8 Å². The van der Waals surface area contributed by atoms with Crippen molar-refractivity contribution in [2.75, 3.05) is 19.8 Å². The van der Waals surface area contributed by atoms with E-state index in [1.165, 1.54) is 128 Å². The van der Waals surface area contributed by atoms with Crippen LogP contribution in [0.4, 0.5) is 0 Å². The summed E-state index contributed by atoms with van der Waals surface area (Å²) in [7, 11) is 0. The van der Waals surface area contributed by atoms with E-state index in [2.05, 4.69) is 38.2 Å². The topological polar surface area (TPSA) is 71.1 Å². The minimum Gasteiger partial charge on any atom is -0.463 e. The molecule has 0 spiro atoms. The molecule has 0 aromatic carbocycles. The van der Waals surface area contributed by atoms with Gasteiger partial charge in [-0.15, -0.1) is 0 Å². The molecule has 0 fully saturated rings. The van der Waals surface area contributed by atoms with E-state index in [4.69, 9.17) is 19.2 Å². The fourth-order valence-electron chi connectivity index (χ4n) is 5.44. The van der Waals surface area contributed by atoms with Crippen molar-refractivity contribution in [1.29, 1.82) is 0 Å². The highest BCUT2D eigenvalue weighted by atomic mass is 17.2. The first kappa shape index (κ1) is 45.3. The van der Waals surface area contributed by atoms with Crippen LogP contribution >= 0.6 is 0 Å². The molecule has 0 aliphatic rings.